The van der Waals surface area contributed by atoms with Gasteiger partial charge in [0.25, 0.3) is 0 Å². The number of nitrogens with zero attached hydrogens (tertiary/aromatic N) is 1. The van der Waals surface area contributed by atoms with E-state index in [1.54, 1.807) is 0 Å². The molecule has 0 fully saturated rings. The van der Waals surface area contributed by atoms with Crippen LogP contribution in [-0.2, 0) is 0 Å². The molecule has 0 saturated heterocycles. The number of nitroso groups, excluding NO2 is 1. The van der Waals surface area contributed by atoms with E-state index in [1.807, 2.05) is 6.92 Å². The first-order chi connectivity index (χ1) is 3.85. The lowest BCUT2D eigenvalue weighted by molar-refractivity contribution is 0.227. The quantitative estimate of drug-likeness (QED) is 0.553. The molecule has 3 heteroatoms. The van der Waals surface area contributed by atoms with E-state index in [0.29, 0.717) is 0 Å². The molecule has 0 aliphatic heterocycles. The van der Waals surface area contributed by atoms with E-state index in [0.717, 1.165) is 6.42 Å². The number of hydrogen-bond donors (Lipinski definition) is 1. The zero-order valence-corrected chi connectivity index (χ0v) is 5.00. The molecule has 0 aromatic rings. The van der Waals surface area contributed by atoms with Crippen molar-refractivity contribution in [2.75, 3.05) is 13.2 Å². The second-order valence-corrected chi connectivity index (χ2v) is 1.77. The SMILES string of the molecule is CCC(CO)CN=O. The highest BCUT2D eigenvalue weighted by molar-refractivity contribution is 4.56. The van der Waals surface area contributed by atoms with Crippen molar-refractivity contribution >= 4 is 0 Å². The Morgan fingerprint density at radius 1 is 1.75 bits per heavy atom. The topological polar surface area (TPSA) is 49.7 Å². The summed E-state index contributed by atoms with van der Waals surface area (Å²) >= 11 is 0. The van der Waals surface area contributed by atoms with Crippen molar-refractivity contribution in [3.05, 3.63) is 4.91 Å². The molecule has 0 rings (SSSR count). The Bertz CT molecular complexity index is 61.4. The van der Waals surface area contributed by atoms with Crippen LogP contribution in [0.15, 0.2) is 5.18 Å². The molecule has 0 spiro atoms. The minimum Gasteiger partial charge on any atom is -0.396 e. The van der Waals surface area contributed by atoms with Crippen molar-refractivity contribution in [1.82, 2.24) is 0 Å². The molecule has 0 saturated carbocycles. The number of aliphatic hydroxyl groups excluding tert-OH is 1. The van der Waals surface area contributed by atoms with Crippen LogP contribution in [-0.4, -0.2) is 18.3 Å². The molecule has 0 radical (unpaired) electrons. The Morgan fingerprint density at radius 2 is 2.38 bits per heavy atom. The summed E-state index contributed by atoms with van der Waals surface area (Å²) in [6.07, 6.45) is 0.822. The lowest BCUT2D eigenvalue weighted by Gasteiger charge is -2.02. The molecule has 48 valence electrons. The lowest BCUT2D eigenvalue weighted by Crippen LogP contribution is -2.07. The van der Waals surface area contributed by atoms with E-state index in [4.69, 9.17) is 5.11 Å². The van der Waals surface area contributed by atoms with Gasteiger partial charge < -0.3 is 5.11 Å². The van der Waals surface area contributed by atoms with E-state index in [2.05, 4.69) is 5.18 Å². The predicted octanol–water partition coefficient (Wildman–Crippen LogP) is 0.771. The minimum atomic E-state index is 0.0717. The molecule has 0 bridgehead atoms. The molecular formula is C5H11NO2. The number of aliphatic hydroxyl groups is 1. The molecule has 1 atom stereocenters. The van der Waals surface area contributed by atoms with Crippen LogP contribution >= 0.6 is 0 Å². The van der Waals surface area contributed by atoms with E-state index in [9.17, 15) is 4.91 Å². The zero-order chi connectivity index (χ0) is 6.41. The Labute approximate surface area is 48.7 Å². The molecule has 1 N–H and O–H groups in total. The molecule has 0 amide bonds. The van der Waals surface area contributed by atoms with Gasteiger partial charge in [-0.25, -0.2) is 0 Å². The van der Waals surface area contributed by atoms with Crippen LogP contribution in [0.1, 0.15) is 13.3 Å². The van der Waals surface area contributed by atoms with Gasteiger partial charge in [-0.2, -0.15) is 4.91 Å². The fraction of sp³-hybridized carbons (Fsp3) is 1.00. The first-order valence-electron chi connectivity index (χ1n) is 2.75. The highest BCUT2D eigenvalue weighted by atomic mass is 16.3. The van der Waals surface area contributed by atoms with Crippen LogP contribution < -0.4 is 0 Å². The molecule has 0 aliphatic rings. The Hall–Kier alpha value is -0.440. The summed E-state index contributed by atoms with van der Waals surface area (Å²) in [5, 5.41) is 11.1. The summed E-state index contributed by atoms with van der Waals surface area (Å²) < 4.78 is 0. The molecule has 0 heterocycles. The highest BCUT2D eigenvalue weighted by Crippen LogP contribution is 1.99. The van der Waals surface area contributed by atoms with Gasteiger partial charge in [0.15, 0.2) is 0 Å². The van der Waals surface area contributed by atoms with Crippen molar-refractivity contribution in [2.45, 2.75) is 13.3 Å². The Morgan fingerprint density at radius 3 is 2.50 bits per heavy atom. The molecule has 0 aromatic heterocycles. The first-order valence-corrected chi connectivity index (χ1v) is 2.75. The number of rotatable bonds is 4. The fourth-order valence-electron chi connectivity index (χ4n) is 0.421. The maximum Gasteiger partial charge on any atom is 0.0861 e. The zero-order valence-electron chi connectivity index (χ0n) is 5.00. The summed E-state index contributed by atoms with van der Waals surface area (Å²) in [6.45, 7) is 2.24. The van der Waals surface area contributed by atoms with Gasteiger partial charge in [-0.15, -0.1) is 0 Å². The monoisotopic (exact) mass is 117 g/mol. The molecule has 8 heavy (non-hydrogen) atoms. The summed E-state index contributed by atoms with van der Waals surface area (Å²) in [4.78, 5) is 9.57. The van der Waals surface area contributed by atoms with Gasteiger partial charge >= 0.3 is 0 Å². The maximum absolute atomic E-state index is 9.57. The molecule has 1 unspecified atom stereocenters. The first kappa shape index (κ1) is 7.56. The highest BCUT2D eigenvalue weighted by Gasteiger charge is 2.01. The standard InChI is InChI=1S/C5H11NO2/c1-2-5(4-7)3-6-8/h5,7H,2-4H2,1H3. The minimum absolute atomic E-state index is 0.0717. The lowest BCUT2D eigenvalue weighted by atomic mass is 10.1. The van der Waals surface area contributed by atoms with Crippen molar-refractivity contribution in [1.29, 1.82) is 0 Å². The van der Waals surface area contributed by atoms with Crippen LogP contribution in [0.25, 0.3) is 0 Å². The Kier molecular flexibility index (Phi) is 4.45. The summed E-state index contributed by atoms with van der Waals surface area (Å²) in [5.41, 5.74) is 0. The van der Waals surface area contributed by atoms with Crippen LogP contribution in [0.2, 0.25) is 0 Å². The second kappa shape index (κ2) is 4.71. The summed E-state index contributed by atoms with van der Waals surface area (Å²) in [5.74, 6) is 0.0764. The third-order valence-corrected chi connectivity index (χ3v) is 1.17. The average Bonchev–Trinajstić information content (AvgIpc) is 1.83. The summed E-state index contributed by atoms with van der Waals surface area (Å²) in [7, 11) is 0. The summed E-state index contributed by atoms with van der Waals surface area (Å²) in [6, 6.07) is 0. The van der Waals surface area contributed by atoms with Gasteiger partial charge in [0.1, 0.15) is 0 Å². The van der Waals surface area contributed by atoms with Gasteiger partial charge in [0, 0.05) is 12.5 Å². The van der Waals surface area contributed by atoms with Crippen molar-refractivity contribution < 1.29 is 5.11 Å². The van der Waals surface area contributed by atoms with Crippen LogP contribution in [0.4, 0.5) is 0 Å². The smallest absolute Gasteiger partial charge is 0.0861 e. The van der Waals surface area contributed by atoms with Crippen molar-refractivity contribution in [3.63, 3.8) is 0 Å². The predicted molar refractivity (Wildman–Crippen MR) is 31.5 cm³/mol. The largest absolute Gasteiger partial charge is 0.396 e. The van der Waals surface area contributed by atoms with Gasteiger partial charge in [-0.1, -0.05) is 12.1 Å². The number of hydrogen-bond acceptors (Lipinski definition) is 3. The normalized spacial score (nSPS) is 13.2. The van der Waals surface area contributed by atoms with Crippen LogP contribution in [0.5, 0.6) is 0 Å². The second-order valence-electron chi connectivity index (χ2n) is 1.77. The van der Waals surface area contributed by atoms with Gasteiger partial charge in [0.05, 0.1) is 6.54 Å². The van der Waals surface area contributed by atoms with E-state index < -0.39 is 0 Å². The van der Waals surface area contributed by atoms with Crippen LogP contribution in [0.3, 0.4) is 0 Å². The molecule has 0 aliphatic carbocycles. The third kappa shape index (κ3) is 2.69. The molecule has 3 nitrogen and oxygen atoms in total. The van der Waals surface area contributed by atoms with E-state index >= 15 is 0 Å². The third-order valence-electron chi connectivity index (χ3n) is 1.17. The molecular weight excluding hydrogens is 106 g/mol. The molecule has 0 aromatic carbocycles. The van der Waals surface area contributed by atoms with Gasteiger partial charge in [0.2, 0.25) is 0 Å². The van der Waals surface area contributed by atoms with E-state index in [1.165, 1.54) is 0 Å². The van der Waals surface area contributed by atoms with Crippen molar-refractivity contribution in [2.24, 2.45) is 11.1 Å². The van der Waals surface area contributed by atoms with Crippen molar-refractivity contribution in [3.8, 4) is 0 Å². The van der Waals surface area contributed by atoms with Crippen LogP contribution in [0, 0.1) is 10.8 Å². The average molecular weight is 117 g/mol. The fourth-order valence-corrected chi connectivity index (χ4v) is 0.421. The van der Waals surface area contributed by atoms with Gasteiger partial charge in [-0.3, -0.25) is 0 Å². The Balaban J connectivity index is 3.20. The van der Waals surface area contributed by atoms with Gasteiger partial charge in [-0.05, 0) is 6.42 Å². The maximum atomic E-state index is 9.57. The van der Waals surface area contributed by atoms with E-state index in [-0.39, 0.29) is 19.1 Å².